The van der Waals surface area contributed by atoms with E-state index in [1.807, 2.05) is 0 Å². The molecule has 1 aromatic heterocycles. The predicted molar refractivity (Wildman–Crippen MR) is 79.3 cm³/mol. The third kappa shape index (κ3) is 3.05. The van der Waals surface area contributed by atoms with Crippen LogP contribution in [0.5, 0.6) is 0 Å². The van der Waals surface area contributed by atoms with Crippen molar-refractivity contribution >= 4 is 11.9 Å². The monoisotopic (exact) mass is 286 g/mol. The van der Waals surface area contributed by atoms with Crippen molar-refractivity contribution in [2.45, 2.75) is 0 Å². The van der Waals surface area contributed by atoms with Crippen molar-refractivity contribution in [3.05, 3.63) is 54.1 Å². The number of aliphatic imine (C=N–C) groups is 1. The highest BCUT2D eigenvalue weighted by Crippen LogP contribution is 2.22. The number of amides is 1. The maximum Gasteiger partial charge on any atom is 0.260 e. The van der Waals surface area contributed by atoms with E-state index in [0.29, 0.717) is 16.7 Å². The van der Waals surface area contributed by atoms with Crippen LogP contribution in [0.2, 0.25) is 0 Å². The first kappa shape index (κ1) is 14.6. The number of hydrogen-bond acceptors (Lipinski definition) is 3. The number of hydrogen-bond donors (Lipinski definition) is 1. The summed E-state index contributed by atoms with van der Waals surface area (Å²) in [6.45, 7) is 0. The first-order valence-electron chi connectivity index (χ1n) is 6.26. The quantitative estimate of drug-likeness (QED) is 0.520. The fourth-order valence-corrected chi connectivity index (χ4v) is 1.87. The molecular formula is C15H15FN4O. The van der Waals surface area contributed by atoms with Crippen molar-refractivity contribution in [2.24, 2.45) is 10.7 Å². The molecule has 2 aromatic rings. The van der Waals surface area contributed by atoms with E-state index < -0.39 is 5.95 Å². The van der Waals surface area contributed by atoms with Crippen LogP contribution < -0.4 is 5.73 Å². The molecule has 1 amide bonds. The topological polar surface area (TPSA) is 71.6 Å². The molecule has 0 saturated heterocycles. The van der Waals surface area contributed by atoms with Gasteiger partial charge in [-0.05, 0) is 29.8 Å². The lowest BCUT2D eigenvalue weighted by atomic mass is 10.0. The second-order valence-electron chi connectivity index (χ2n) is 4.37. The number of rotatable bonds is 2. The molecule has 6 heteroatoms. The van der Waals surface area contributed by atoms with Crippen molar-refractivity contribution in [3.63, 3.8) is 0 Å². The van der Waals surface area contributed by atoms with Gasteiger partial charge in [0.15, 0.2) is 5.96 Å². The van der Waals surface area contributed by atoms with Crippen LogP contribution in [0.4, 0.5) is 4.39 Å². The second-order valence-corrected chi connectivity index (χ2v) is 4.37. The van der Waals surface area contributed by atoms with Gasteiger partial charge < -0.3 is 5.73 Å². The summed E-state index contributed by atoms with van der Waals surface area (Å²) in [4.78, 5) is 20.9. The molecule has 0 bridgehead atoms. The Hall–Kier alpha value is -2.76. The van der Waals surface area contributed by atoms with E-state index in [2.05, 4.69) is 9.98 Å². The van der Waals surface area contributed by atoms with Crippen LogP contribution in [0.1, 0.15) is 10.4 Å². The SMILES string of the molecule is CN=C(N)N(C)C(=O)c1cccc(-c2cccnc2F)c1. The first-order valence-corrected chi connectivity index (χ1v) is 6.26. The third-order valence-electron chi connectivity index (χ3n) is 3.06. The van der Waals surface area contributed by atoms with Crippen molar-refractivity contribution in [1.82, 2.24) is 9.88 Å². The molecule has 0 spiro atoms. The second kappa shape index (κ2) is 6.13. The fourth-order valence-electron chi connectivity index (χ4n) is 1.87. The molecule has 0 fully saturated rings. The van der Waals surface area contributed by atoms with Crippen LogP contribution in [-0.4, -0.2) is 35.8 Å². The van der Waals surface area contributed by atoms with Crippen molar-refractivity contribution in [2.75, 3.05) is 14.1 Å². The van der Waals surface area contributed by atoms with Crippen LogP contribution in [-0.2, 0) is 0 Å². The Balaban J connectivity index is 2.39. The van der Waals surface area contributed by atoms with Gasteiger partial charge in [0.05, 0.1) is 0 Å². The number of nitrogens with two attached hydrogens (primary N) is 1. The van der Waals surface area contributed by atoms with E-state index in [0.717, 1.165) is 0 Å². The Morgan fingerprint density at radius 2 is 2.10 bits per heavy atom. The van der Waals surface area contributed by atoms with E-state index >= 15 is 0 Å². The Morgan fingerprint density at radius 3 is 2.76 bits per heavy atom. The number of carbonyl (C=O) groups excluding carboxylic acids is 1. The zero-order valence-electron chi connectivity index (χ0n) is 11.7. The summed E-state index contributed by atoms with van der Waals surface area (Å²) in [6.07, 6.45) is 1.38. The molecule has 1 heterocycles. The smallest absolute Gasteiger partial charge is 0.260 e. The van der Waals surface area contributed by atoms with Crippen LogP contribution in [0, 0.1) is 5.95 Å². The van der Waals surface area contributed by atoms with Crippen molar-refractivity contribution < 1.29 is 9.18 Å². The van der Waals surface area contributed by atoms with Gasteiger partial charge in [0.25, 0.3) is 5.91 Å². The van der Waals surface area contributed by atoms with Gasteiger partial charge in [-0.15, -0.1) is 0 Å². The van der Waals surface area contributed by atoms with Gasteiger partial charge in [-0.25, -0.2) is 4.98 Å². The summed E-state index contributed by atoms with van der Waals surface area (Å²) in [5.74, 6) is -0.785. The van der Waals surface area contributed by atoms with Crippen LogP contribution in [0.25, 0.3) is 11.1 Å². The summed E-state index contributed by atoms with van der Waals surface area (Å²) >= 11 is 0. The zero-order chi connectivity index (χ0) is 15.4. The standard InChI is InChI=1S/C15H15FN4O/c1-18-15(17)20(2)14(21)11-6-3-5-10(9-11)12-7-4-8-19-13(12)16/h3-9H,1-2H3,(H2,17,18). The molecule has 0 aliphatic heterocycles. The molecule has 1 aromatic carbocycles. The van der Waals surface area contributed by atoms with Gasteiger partial charge in [0.2, 0.25) is 5.95 Å². The maximum atomic E-state index is 13.7. The Kier molecular flexibility index (Phi) is 4.27. The summed E-state index contributed by atoms with van der Waals surface area (Å²) in [6, 6.07) is 9.88. The van der Waals surface area contributed by atoms with E-state index in [1.165, 1.54) is 25.2 Å². The van der Waals surface area contributed by atoms with Crippen LogP contribution >= 0.6 is 0 Å². The molecule has 2 rings (SSSR count). The molecule has 0 aliphatic carbocycles. The molecule has 108 valence electrons. The van der Waals surface area contributed by atoms with Gasteiger partial charge in [-0.3, -0.25) is 14.7 Å². The highest BCUT2D eigenvalue weighted by molar-refractivity contribution is 6.05. The normalized spacial score (nSPS) is 11.3. The van der Waals surface area contributed by atoms with E-state index in [1.54, 1.807) is 36.4 Å². The number of pyridine rings is 1. The van der Waals surface area contributed by atoms with Crippen LogP contribution in [0.3, 0.4) is 0 Å². The lowest BCUT2D eigenvalue weighted by Crippen LogP contribution is -2.38. The average Bonchev–Trinajstić information content (AvgIpc) is 2.53. The minimum absolute atomic E-state index is 0.109. The van der Waals surface area contributed by atoms with E-state index in [-0.39, 0.29) is 11.9 Å². The molecule has 0 unspecified atom stereocenters. The highest BCUT2D eigenvalue weighted by Gasteiger charge is 2.15. The summed E-state index contributed by atoms with van der Waals surface area (Å²) < 4.78 is 13.7. The number of halogens is 1. The predicted octanol–water partition coefficient (Wildman–Crippen LogP) is 1.90. The number of guanidine groups is 1. The van der Waals surface area contributed by atoms with Gasteiger partial charge in [-0.1, -0.05) is 12.1 Å². The van der Waals surface area contributed by atoms with Gasteiger partial charge in [0, 0.05) is 31.4 Å². The third-order valence-corrected chi connectivity index (χ3v) is 3.06. The lowest BCUT2D eigenvalue weighted by Gasteiger charge is -2.16. The van der Waals surface area contributed by atoms with Gasteiger partial charge in [0.1, 0.15) is 0 Å². The number of benzene rings is 1. The molecule has 2 N–H and O–H groups in total. The largest absolute Gasteiger partial charge is 0.369 e. The summed E-state index contributed by atoms with van der Waals surface area (Å²) in [7, 11) is 3.03. The first-order chi connectivity index (χ1) is 10.0. The fraction of sp³-hybridized carbons (Fsp3) is 0.133. The van der Waals surface area contributed by atoms with E-state index in [9.17, 15) is 9.18 Å². The molecule has 0 radical (unpaired) electrons. The highest BCUT2D eigenvalue weighted by atomic mass is 19.1. The van der Waals surface area contributed by atoms with Crippen LogP contribution in [0.15, 0.2) is 47.6 Å². The number of nitrogens with zero attached hydrogens (tertiary/aromatic N) is 3. The molecule has 21 heavy (non-hydrogen) atoms. The molecule has 0 saturated carbocycles. The molecular weight excluding hydrogens is 271 g/mol. The number of carbonyl (C=O) groups is 1. The number of aromatic nitrogens is 1. The summed E-state index contributed by atoms with van der Waals surface area (Å²) in [5, 5.41) is 0. The zero-order valence-corrected chi connectivity index (χ0v) is 11.7. The van der Waals surface area contributed by atoms with Gasteiger partial charge in [-0.2, -0.15) is 4.39 Å². The van der Waals surface area contributed by atoms with Crippen molar-refractivity contribution in [1.29, 1.82) is 0 Å². The molecule has 5 nitrogen and oxygen atoms in total. The molecule has 0 aliphatic rings. The Bertz CT molecular complexity index is 700. The van der Waals surface area contributed by atoms with Crippen molar-refractivity contribution in [3.8, 4) is 11.1 Å². The lowest BCUT2D eigenvalue weighted by molar-refractivity contribution is 0.0869. The minimum atomic E-state index is -0.579. The Labute approximate surface area is 121 Å². The van der Waals surface area contributed by atoms with E-state index in [4.69, 9.17) is 5.73 Å². The maximum absolute atomic E-state index is 13.7. The molecule has 0 atom stereocenters. The van der Waals surface area contributed by atoms with Gasteiger partial charge >= 0.3 is 0 Å². The summed E-state index contributed by atoms with van der Waals surface area (Å²) in [5.41, 5.74) is 6.92. The average molecular weight is 286 g/mol. The minimum Gasteiger partial charge on any atom is -0.369 e. The Morgan fingerprint density at radius 1 is 1.33 bits per heavy atom.